The fourth-order valence-corrected chi connectivity index (χ4v) is 5.25. The van der Waals surface area contributed by atoms with Crippen LogP contribution in [0.3, 0.4) is 0 Å². The number of carbonyl (C=O) groups excluding carboxylic acids is 2. The Balaban J connectivity index is 1.66. The summed E-state index contributed by atoms with van der Waals surface area (Å²) in [4.78, 5) is 25.3. The summed E-state index contributed by atoms with van der Waals surface area (Å²) < 4.78 is 6.37. The van der Waals surface area contributed by atoms with Gasteiger partial charge in [0, 0.05) is 16.6 Å². The van der Waals surface area contributed by atoms with Crippen molar-refractivity contribution in [3.63, 3.8) is 0 Å². The van der Waals surface area contributed by atoms with Crippen LogP contribution in [0.25, 0.3) is 0 Å². The molecule has 1 heterocycles. The molecule has 3 rings (SSSR count). The van der Waals surface area contributed by atoms with Gasteiger partial charge in [0.1, 0.15) is 0 Å². The zero-order valence-corrected chi connectivity index (χ0v) is 20.7. The van der Waals surface area contributed by atoms with E-state index < -0.39 is 5.91 Å². The molecule has 1 aliphatic carbocycles. The second-order valence-electron chi connectivity index (χ2n) is 10.1. The van der Waals surface area contributed by atoms with Crippen LogP contribution < -0.4 is 10.6 Å². The third-order valence-electron chi connectivity index (χ3n) is 7.58. The van der Waals surface area contributed by atoms with Gasteiger partial charge in [-0.15, -0.1) is 0 Å². The van der Waals surface area contributed by atoms with Crippen LogP contribution in [-0.4, -0.2) is 36.8 Å². The molecule has 0 bridgehead atoms. The van der Waals surface area contributed by atoms with E-state index in [9.17, 15) is 9.59 Å². The lowest BCUT2D eigenvalue weighted by Crippen LogP contribution is -2.71. The van der Waals surface area contributed by atoms with E-state index in [0.717, 1.165) is 12.8 Å². The molecule has 170 valence electrons. The molecule has 2 fully saturated rings. The average molecular weight is 467 g/mol. The summed E-state index contributed by atoms with van der Waals surface area (Å²) in [5.74, 6) is 0.821. The van der Waals surface area contributed by atoms with Gasteiger partial charge >= 0.3 is 6.92 Å². The van der Waals surface area contributed by atoms with Crippen LogP contribution in [0.4, 0.5) is 0 Å². The van der Waals surface area contributed by atoms with Gasteiger partial charge in [-0.3, -0.25) is 9.59 Å². The summed E-state index contributed by atoms with van der Waals surface area (Å²) in [5.41, 5.74) is 0.0585. The Kier molecular flexibility index (Phi) is 7.05. The van der Waals surface area contributed by atoms with Crippen LogP contribution in [0.15, 0.2) is 18.2 Å². The Morgan fingerprint density at radius 2 is 1.90 bits per heavy atom. The second kappa shape index (κ2) is 8.95. The third kappa shape index (κ3) is 4.76. The first kappa shape index (κ1) is 24.4. The first-order valence-electron chi connectivity index (χ1n) is 11.1. The number of nitrogens with one attached hydrogen (secondary N) is 2. The van der Waals surface area contributed by atoms with Crippen LogP contribution in [0.2, 0.25) is 15.4 Å². The number of halogens is 2. The highest BCUT2D eigenvalue weighted by Gasteiger charge is 2.66. The van der Waals surface area contributed by atoms with Gasteiger partial charge in [-0.1, -0.05) is 57.8 Å². The van der Waals surface area contributed by atoms with Gasteiger partial charge in [0.05, 0.1) is 17.1 Å². The van der Waals surface area contributed by atoms with Crippen molar-refractivity contribution in [3.05, 3.63) is 33.8 Å². The Morgan fingerprint density at radius 3 is 2.45 bits per heavy atom. The normalized spacial score (nSPS) is 27.5. The molecular weight excluding hydrogens is 434 g/mol. The van der Waals surface area contributed by atoms with Crippen molar-refractivity contribution in [2.45, 2.75) is 71.2 Å². The number of carbonyl (C=O) groups is 2. The molecule has 2 unspecified atom stereocenters. The highest BCUT2D eigenvalue weighted by Crippen LogP contribution is 2.59. The minimum Gasteiger partial charge on any atom is -0.428 e. The summed E-state index contributed by atoms with van der Waals surface area (Å²) in [6.07, 6.45) is 2.01. The maximum atomic E-state index is 12.8. The van der Waals surface area contributed by atoms with E-state index in [1.165, 1.54) is 6.07 Å². The molecule has 0 radical (unpaired) electrons. The van der Waals surface area contributed by atoms with Gasteiger partial charge in [-0.05, 0) is 61.0 Å². The minimum atomic E-state index is -0.426. The van der Waals surface area contributed by atoms with E-state index in [4.69, 9.17) is 27.9 Å². The number of hydrogen-bond donors (Lipinski definition) is 2. The molecule has 0 aromatic heterocycles. The van der Waals surface area contributed by atoms with Crippen LogP contribution in [0, 0.1) is 17.8 Å². The molecule has 2 aliphatic rings. The van der Waals surface area contributed by atoms with Gasteiger partial charge < -0.3 is 15.3 Å². The highest BCUT2D eigenvalue weighted by atomic mass is 35.5. The molecule has 4 atom stereocenters. The van der Waals surface area contributed by atoms with E-state index in [1.54, 1.807) is 12.1 Å². The van der Waals surface area contributed by atoms with Crippen molar-refractivity contribution in [1.29, 1.82) is 0 Å². The van der Waals surface area contributed by atoms with Crippen LogP contribution >= 0.6 is 23.2 Å². The first-order chi connectivity index (χ1) is 14.4. The second-order valence-corrected chi connectivity index (χ2v) is 10.9. The van der Waals surface area contributed by atoms with Crippen molar-refractivity contribution in [3.8, 4) is 0 Å². The van der Waals surface area contributed by atoms with Crippen LogP contribution in [0.1, 0.15) is 64.7 Å². The maximum Gasteiger partial charge on any atom is 0.325 e. The predicted octanol–water partition coefficient (Wildman–Crippen LogP) is 5.01. The molecular formula is C23H33BCl2N2O3. The molecule has 1 saturated carbocycles. The number of rotatable bonds is 8. The van der Waals surface area contributed by atoms with E-state index in [-0.39, 0.29) is 41.8 Å². The van der Waals surface area contributed by atoms with Crippen molar-refractivity contribution >= 4 is 41.9 Å². The fourth-order valence-electron chi connectivity index (χ4n) is 4.87. The monoisotopic (exact) mass is 466 g/mol. The highest BCUT2D eigenvalue weighted by molar-refractivity contribution is 6.61. The maximum absolute atomic E-state index is 12.8. The Hall–Kier alpha value is -1.24. The van der Waals surface area contributed by atoms with E-state index in [1.807, 2.05) is 0 Å². The standard InChI is InChI=1S/C23H33BCl2N2O3/c1-7-23(6)22(4,5)24(31-23)20(16-11-15(16)13(2)3)28-19(29)12-27-21(30)17-10-14(25)8-9-18(17)26/h8-10,13,15-16,20H,7,11-12H2,1-6H3,(H,27,30)(H,28,29)/t15-,16-,20?,23?/m0/s1. The van der Waals surface area contributed by atoms with Crippen molar-refractivity contribution in [2.75, 3.05) is 6.54 Å². The molecule has 1 aliphatic heterocycles. The lowest BCUT2D eigenvalue weighted by molar-refractivity contribution is -0.121. The van der Waals surface area contributed by atoms with Gasteiger partial charge in [-0.25, -0.2) is 0 Å². The zero-order chi connectivity index (χ0) is 23.1. The summed E-state index contributed by atoms with van der Waals surface area (Å²) in [7, 11) is 0. The largest absolute Gasteiger partial charge is 0.428 e. The van der Waals surface area contributed by atoms with Crippen molar-refractivity contribution in [2.24, 2.45) is 17.8 Å². The molecule has 2 amide bonds. The van der Waals surface area contributed by atoms with Crippen molar-refractivity contribution < 1.29 is 14.2 Å². The van der Waals surface area contributed by atoms with Gasteiger partial charge in [0.2, 0.25) is 5.91 Å². The number of amides is 2. The van der Waals surface area contributed by atoms with E-state index in [0.29, 0.717) is 27.8 Å². The van der Waals surface area contributed by atoms with E-state index >= 15 is 0 Å². The van der Waals surface area contributed by atoms with Gasteiger partial charge in [0.15, 0.2) is 0 Å². The molecule has 2 N–H and O–H groups in total. The molecule has 1 aromatic rings. The summed E-state index contributed by atoms with van der Waals surface area (Å²) >= 11 is 12.0. The summed E-state index contributed by atoms with van der Waals surface area (Å²) in [6.45, 7) is 13.0. The molecule has 8 heteroatoms. The van der Waals surface area contributed by atoms with Crippen LogP contribution in [0.5, 0.6) is 0 Å². The minimum absolute atomic E-state index is 0.0479. The Labute approximate surface area is 196 Å². The van der Waals surface area contributed by atoms with E-state index in [2.05, 4.69) is 52.2 Å². The quantitative estimate of drug-likeness (QED) is 0.529. The lowest BCUT2D eigenvalue weighted by Gasteiger charge is -2.60. The molecule has 31 heavy (non-hydrogen) atoms. The summed E-state index contributed by atoms with van der Waals surface area (Å²) in [6, 6.07) is 4.67. The SMILES string of the molecule is CCC1(C)OB(C(NC(=O)CNC(=O)c2cc(Cl)ccc2Cl)[C@H]2C[C@H]2C(C)C)C1(C)C. The first-order valence-corrected chi connectivity index (χ1v) is 11.9. The van der Waals surface area contributed by atoms with Gasteiger partial charge in [-0.2, -0.15) is 0 Å². The number of hydrogen-bond acceptors (Lipinski definition) is 3. The molecule has 5 nitrogen and oxygen atoms in total. The van der Waals surface area contributed by atoms with Crippen LogP contribution in [-0.2, 0) is 9.45 Å². The Bertz CT molecular complexity index is 863. The predicted molar refractivity (Wildman–Crippen MR) is 127 cm³/mol. The summed E-state index contributed by atoms with van der Waals surface area (Å²) in [5, 5.41) is 6.48. The fraction of sp³-hybridized carbons (Fsp3) is 0.652. The third-order valence-corrected chi connectivity index (χ3v) is 8.15. The lowest BCUT2D eigenvalue weighted by atomic mass is 9.31. The topological polar surface area (TPSA) is 67.4 Å². The van der Waals surface area contributed by atoms with Crippen molar-refractivity contribution in [1.82, 2.24) is 10.6 Å². The zero-order valence-electron chi connectivity index (χ0n) is 19.2. The number of benzene rings is 1. The molecule has 1 saturated heterocycles. The Morgan fingerprint density at radius 1 is 1.23 bits per heavy atom. The molecule has 0 spiro atoms. The van der Waals surface area contributed by atoms with Gasteiger partial charge in [0.25, 0.3) is 5.91 Å². The smallest absolute Gasteiger partial charge is 0.325 e. The average Bonchev–Trinajstić information content (AvgIpc) is 3.51. The molecule has 1 aromatic carbocycles.